The highest BCUT2D eigenvalue weighted by atomic mass is 35.5. The Morgan fingerprint density at radius 2 is 1.55 bits per heavy atom. The van der Waals surface area contributed by atoms with Gasteiger partial charge in [0.05, 0.1) is 21.7 Å². The van der Waals surface area contributed by atoms with Crippen LogP contribution in [0.2, 0.25) is 10.0 Å². The van der Waals surface area contributed by atoms with Crippen molar-refractivity contribution in [2.75, 3.05) is 6.61 Å². The lowest BCUT2D eigenvalue weighted by atomic mass is 9.91. The smallest absolute Gasteiger partial charge is 0.326 e. The zero-order valence-corrected chi connectivity index (χ0v) is 33.4. The number of halogens is 2. The van der Waals surface area contributed by atoms with Crippen LogP contribution in [-0.4, -0.2) is 46.5 Å². The quantitative estimate of drug-likeness (QED) is 0.128. The Balaban J connectivity index is 1.03. The summed E-state index contributed by atoms with van der Waals surface area (Å²) >= 11 is 12.2. The van der Waals surface area contributed by atoms with Crippen LogP contribution in [0.25, 0.3) is 11.1 Å². The number of carbonyl (C=O) groups excluding carboxylic acids is 2. The first kappa shape index (κ1) is 40.2. The van der Waals surface area contributed by atoms with E-state index in [9.17, 15) is 19.5 Å². The number of carboxylic acid groups (broad SMARTS) is 1. The topological polar surface area (TPSA) is 138 Å². The summed E-state index contributed by atoms with van der Waals surface area (Å²) < 4.78 is 18.6. The first-order valence-corrected chi connectivity index (χ1v) is 19.7. The molecule has 5 aromatic carbocycles. The van der Waals surface area contributed by atoms with Crippen LogP contribution in [0.3, 0.4) is 0 Å². The third-order valence-electron chi connectivity index (χ3n) is 10.3. The maximum Gasteiger partial charge on any atom is 0.326 e. The molecule has 0 spiro atoms. The van der Waals surface area contributed by atoms with Crippen molar-refractivity contribution in [1.29, 1.82) is 5.26 Å². The summed E-state index contributed by atoms with van der Waals surface area (Å²) in [5, 5.41) is 23.0. The van der Waals surface area contributed by atoms with Gasteiger partial charge < -0.3 is 29.5 Å². The summed E-state index contributed by atoms with van der Waals surface area (Å²) in [7, 11) is 0. The fraction of sp³-hybridized carbons (Fsp3) is 0.261. The molecule has 12 heteroatoms. The third kappa shape index (κ3) is 9.39. The van der Waals surface area contributed by atoms with Crippen LogP contribution in [0, 0.1) is 17.2 Å². The van der Waals surface area contributed by atoms with Crippen LogP contribution in [0.1, 0.15) is 59.8 Å². The number of aliphatic carboxylic acids is 1. The van der Waals surface area contributed by atoms with Gasteiger partial charge in [-0.25, -0.2) is 4.79 Å². The van der Waals surface area contributed by atoms with Gasteiger partial charge in [0.1, 0.15) is 31.0 Å². The predicted octanol–water partition coefficient (Wildman–Crippen LogP) is 8.74. The molecule has 296 valence electrons. The molecule has 2 N–H and O–H groups in total. The van der Waals surface area contributed by atoms with E-state index in [0.717, 1.165) is 38.9 Å². The van der Waals surface area contributed by atoms with E-state index >= 15 is 0 Å². The number of nitriles is 1. The lowest BCUT2D eigenvalue weighted by molar-refractivity contribution is -0.145. The Bertz CT molecular complexity index is 2360. The molecule has 1 unspecified atom stereocenters. The van der Waals surface area contributed by atoms with Gasteiger partial charge in [-0.15, -0.1) is 0 Å². The average molecular weight is 819 g/mol. The van der Waals surface area contributed by atoms with Crippen LogP contribution in [0.5, 0.6) is 17.2 Å². The molecule has 0 saturated heterocycles. The van der Waals surface area contributed by atoms with E-state index < -0.39 is 30.1 Å². The predicted molar refractivity (Wildman–Crippen MR) is 220 cm³/mol. The molecule has 0 fully saturated rings. The molecule has 2 heterocycles. The number of rotatable bonds is 12. The van der Waals surface area contributed by atoms with Gasteiger partial charge in [-0.3, -0.25) is 9.59 Å². The number of carbonyl (C=O) groups is 3. The summed E-state index contributed by atoms with van der Waals surface area (Å²) in [6, 6.07) is 31.2. The van der Waals surface area contributed by atoms with Gasteiger partial charge in [-0.1, -0.05) is 91.6 Å². The van der Waals surface area contributed by atoms with Gasteiger partial charge in [0, 0.05) is 25.8 Å². The standard InChI is InChI=1S/C46H41Cl2N3O7/c1-27(2)17-44(52)51-24-35-22-42-41(57-26-43(58-42)33-12-14-36(15-13-33)56-25-30-7-16-37(47)38(48)18-30)21-34(35)20-40(51)45(53)50-39(46(54)55)19-28-3-8-31(9-4-28)32-10-5-29(23-49)6-11-32/h3-16,18,21-22,27,39-40,43H,17,19-20,24-26H2,1-2H3,(H,50,53)(H,54,55)/t39?,40-,43+/m0/s1. The molecule has 3 atom stereocenters. The Labute approximate surface area is 346 Å². The Kier molecular flexibility index (Phi) is 12.2. The monoisotopic (exact) mass is 817 g/mol. The number of hydrogen-bond donors (Lipinski definition) is 2. The van der Waals surface area contributed by atoms with Crippen molar-refractivity contribution in [3.8, 4) is 34.4 Å². The summed E-state index contributed by atoms with van der Waals surface area (Å²) in [4.78, 5) is 41.7. The third-order valence-corrected chi connectivity index (χ3v) is 11.0. The van der Waals surface area contributed by atoms with Crippen LogP contribution in [-0.2, 0) is 40.4 Å². The number of nitrogens with one attached hydrogen (secondary N) is 1. The molecule has 2 aliphatic heterocycles. The van der Waals surface area contributed by atoms with E-state index in [0.29, 0.717) is 39.5 Å². The number of fused-ring (bicyclic) bond motifs is 2. The molecule has 0 bridgehead atoms. The molecule has 2 amide bonds. The van der Waals surface area contributed by atoms with Crippen molar-refractivity contribution < 1.29 is 33.7 Å². The molecule has 0 aromatic heterocycles. The van der Waals surface area contributed by atoms with Gasteiger partial charge in [0.25, 0.3) is 0 Å². The Morgan fingerprint density at radius 1 is 0.879 bits per heavy atom. The van der Waals surface area contributed by atoms with E-state index in [-0.39, 0.29) is 44.2 Å². The summed E-state index contributed by atoms with van der Waals surface area (Å²) in [5.41, 5.74) is 6.55. The number of nitrogens with zero attached hydrogens (tertiary/aromatic N) is 2. The number of benzene rings is 5. The van der Waals surface area contributed by atoms with Crippen LogP contribution in [0.4, 0.5) is 0 Å². The highest BCUT2D eigenvalue weighted by molar-refractivity contribution is 6.42. The largest absolute Gasteiger partial charge is 0.489 e. The minimum absolute atomic E-state index is 0.0466. The van der Waals surface area contributed by atoms with E-state index in [4.69, 9.17) is 42.7 Å². The maximum atomic E-state index is 14.0. The zero-order chi connectivity index (χ0) is 40.9. The van der Waals surface area contributed by atoms with Crippen molar-refractivity contribution in [3.63, 3.8) is 0 Å². The fourth-order valence-corrected chi connectivity index (χ4v) is 7.45. The minimum Gasteiger partial charge on any atom is -0.489 e. The lowest BCUT2D eigenvalue weighted by Crippen LogP contribution is -2.56. The second kappa shape index (κ2) is 17.6. The molecular formula is C46H41Cl2N3O7. The molecule has 7 rings (SSSR count). The Hall–Kier alpha value is -6.02. The number of hydrogen-bond acceptors (Lipinski definition) is 7. The first-order chi connectivity index (χ1) is 27.9. The summed E-state index contributed by atoms with van der Waals surface area (Å²) in [6.07, 6.45) is 0.0649. The molecular weight excluding hydrogens is 777 g/mol. The number of amides is 2. The highest BCUT2D eigenvalue weighted by Crippen LogP contribution is 2.41. The molecule has 0 aliphatic carbocycles. The van der Waals surface area contributed by atoms with Crippen molar-refractivity contribution in [2.24, 2.45) is 5.92 Å². The second-order valence-electron chi connectivity index (χ2n) is 14.9. The SMILES string of the molecule is CC(C)CC(=O)N1Cc2cc3c(cc2C[C@H]1C(=O)NC(Cc1ccc(-c2ccc(C#N)cc2)cc1)C(=O)O)OC[C@H](c1ccc(OCc2ccc(Cl)c(Cl)c2)cc1)O3. The van der Waals surface area contributed by atoms with Gasteiger partial charge in [0.15, 0.2) is 17.6 Å². The highest BCUT2D eigenvalue weighted by Gasteiger charge is 2.38. The molecule has 10 nitrogen and oxygen atoms in total. The number of carboxylic acids is 1. The van der Waals surface area contributed by atoms with Crippen LogP contribution >= 0.6 is 23.2 Å². The minimum atomic E-state index is -1.22. The zero-order valence-electron chi connectivity index (χ0n) is 31.9. The van der Waals surface area contributed by atoms with Gasteiger partial charge >= 0.3 is 5.97 Å². The van der Waals surface area contributed by atoms with E-state index in [1.807, 2.05) is 92.7 Å². The molecule has 5 aromatic rings. The normalized spacial score (nSPS) is 16.2. The summed E-state index contributed by atoms with van der Waals surface area (Å²) in [6.45, 7) is 4.61. The molecule has 0 saturated carbocycles. The number of ether oxygens (including phenoxy) is 3. The van der Waals surface area contributed by atoms with Crippen molar-refractivity contribution >= 4 is 41.0 Å². The Morgan fingerprint density at radius 3 is 2.21 bits per heavy atom. The van der Waals surface area contributed by atoms with E-state index in [1.165, 1.54) is 0 Å². The molecule has 0 radical (unpaired) electrons. The average Bonchev–Trinajstić information content (AvgIpc) is 3.22. The van der Waals surface area contributed by atoms with Gasteiger partial charge in [0.2, 0.25) is 11.8 Å². The lowest BCUT2D eigenvalue weighted by Gasteiger charge is -2.38. The molecule has 58 heavy (non-hydrogen) atoms. The first-order valence-electron chi connectivity index (χ1n) is 19.0. The summed E-state index contributed by atoms with van der Waals surface area (Å²) in [5.74, 6) is -0.124. The van der Waals surface area contributed by atoms with Crippen LogP contribution < -0.4 is 19.5 Å². The van der Waals surface area contributed by atoms with Gasteiger partial charge in [-0.05, 0) is 93.4 Å². The van der Waals surface area contributed by atoms with Crippen molar-refractivity contribution in [3.05, 3.63) is 147 Å². The van der Waals surface area contributed by atoms with E-state index in [2.05, 4.69) is 11.4 Å². The fourth-order valence-electron chi connectivity index (χ4n) is 7.13. The second-order valence-corrected chi connectivity index (χ2v) is 15.7. The van der Waals surface area contributed by atoms with E-state index in [1.54, 1.807) is 29.2 Å². The maximum absolute atomic E-state index is 14.0. The van der Waals surface area contributed by atoms with Gasteiger partial charge in [-0.2, -0.15) is 5.26 Å². The van der Waals surface area contributed by atoms with Crippen LogP contribution in [0.15, 0.2) is 103 Å². The molecule has 2 aliphatic rings. The van der Waals surface area contributed by atoms with Crippen molar-refractivity contribution in [1.82, 2.24) is 10.2 Å². The van der Waals surface area contributed by atoms with Crippen molar-refractivity contribution in [2.45, 2.75) is 64.4 Å².